The first-order valence-corrected chi connectivity index (χ1v) is 14.8. The molecular weight excluding hydrogens is 693 g/mol. The Morgan fingerprint density at radius 1 is 0.881 bits per heavy atom. The summed E-state index contributed by atoms with van der Waals surface area (Å²) in [6, 6.07) is 29.5. The van der Waals surface area contributed by atoms with Gasteiger partial charge in [-0.1, -0.05) is 77.3 Å². The number of pyridine rings is 1. The molecular formula is C37H41IrN4. The molecule has 2 aliphatic heterocycles. The van der Waals surface area contributed by atoms with E-state index in [4.69, 9.17) is 0 Å². The molecule has 3 aromatic carbocycles. The van der Waals surface area contributed by atoms with Gasteiger partial charge in [0.05, 0.1) is 11.4 Å². The number of fused-ring (bicyclic) bond motifs is 4. The number of hydrogen-bond donors (Lipinski definition) is 0. The average molecular weight is 734 g/mol. The second-order valence-corrected chi connectivity index (χ2v) is 13.3. The number of rotatable bonds is 3. The Morgan fingerprint density at radius 2 is 1.62 bits per heavy atom. The number of nitrogens with zero attached hydrogens (tertiary/aromatic N) is 4. The van der Waals surface area contributed by atoms with Crippen molar-refractivity contribution in [2.45, 2.75) is 65.2 Å². The molecule has 1 aromatic heterocycles. The number of aromatic nitrogens is 1. The fourth-order valence-electron chi connectivity index (χ4n) is 6.57. The quantitative estimate of drug-likeness (QED) is 0.196. The summed E-state index contributed by atoms with van der Waals surface area (Å²) in [6.45, 7) is 17.5. The van der Waals surface area contributed by atoms with Gasteiger partial charge in [-0.15, -0.1) is 47.0 Å². The van der Waals surface area contributed by atoms with Gasteiger partial charge in [-0.2, -0.15) is 18.8 Å². The van der Waals surface area contributed by atoms with Gasteiger partial charge in [-0.05, 0) is 60.9 Å². The van der Waals surface area contributed by atoms with Crippen molar-refractivity contribution < 1.29 is 20.1 Å². The number of hydrogen-bond acceptors (Lipinski definition) is 4. The number of benzene rings is 3. The first-order chi connectivity index (χ1) is 19.6. The Bertz CT molecular complexity index is 1510. The van der Waals surface area contributed by atoms with Gasteiger partial charge in [0.2, 0.25) is 0 Å². The summed E-state index contributed by atoms with van der Waals surface area (Å²) >= 11 is 0. The van der Waals surface area contributed by atoms with Crippen LogP contribution in [0.15, 0.2) is 72.9 Å². The van der Waals surface area contributed by atoms with Crippen molar-refractivity contribution in [1.82, 2.24) is 4.98 Å². The minimum atomic E-state index is 0. The summed E-state index contributed by atoms with van der Waals surface area (Å²) in [5.74, 6) is 0.605. The topological polar surface area (TPSA) is 22.6 Å². The normalized spacial score (nSPS) is 17.0. The van der Waals surface area contributed by atoms with Gasteiger partial charge < -0.3 is 19.7 Å². The van der Waals surface area contributed by atoms with Crippen molar-refractivity contribution in [3.05, 3.63) is 103 Å². The first-order valence-electron chi connectivity index (χ1n) is 14.8. The molecule has 218 valence electrons. The van der Waals surface area contributed by atoms with Gasteiger partial charge in [0.15, 0.2) is 0 Å². The molecule has 4 aromatic rings. The molecule has 3 aliphatic rings. The molecule has 0 fully saturated rings. The Balaban J connectivity index is 0.000000228. The van der Waals surface area contributed by atoms with E-state index in [2.05, 4.69) is 111 Å². The van der Waals surface area contributed by atoms with Crippen molar-refractivity contribution in [2.75, 3.05) is 28.3 Å². The predicted octanol–water partition coefficient (Wildman–Crippen LogP) is 9.20. The third kappa shape index (κ3) is 5.27. The van der Waals surface area contributed by atoms with Gasteiger partial charge in [0.25, 0.3) is 0 Å². The maximum absolute atomic E-state index is 4.22. The van der Waals surface area contributed by atoms with Crippen LogP contribution in [0, 0.1) is 24.7 Å². The summed E-state index contributed by atoms with van der Waals surface area (Å²) in [5, 5.41) is 0. The van der Waals surface area contributed by atoms with Gasteiger partial charge in [-0.25, -0.2) is 0 Å². The maximum Gasteiger partial charge on any atom is 3.00 e. The third-order valence-electron chi connectivity index (χ3n) is 8.81. The Morgan fingerprint density at radius 3 is 2.31 bits per heavy atom. The first kappa shape index (κ1) is 30.3. The average Bonchev–Trinajstić information content (AvgIpc) is 3.33. The number of anilines is 5. The Labute approximate surface area is 266 Å². The van der Waals surface area contributed by atoms with Gasteiger partial charge in [-0.3, -0.25) is 0 Å². The van der Waals surface area contributed by atoms with E-state index < -0.39 is 0 Å². The van der Waals surface area contributed by atoms with E-state index >= 15 is 0 Å². The molecule has 1 aliphatic carbocycles. The van der Waals surface area contributed by atoms with Gasteiger partial charge in [0, 0.05) is 11.9 Å². The van der Waals surface area contributed by atoms with Crippen LogP contribution >= 0.6 is 0 Å². The summed E-state index contributed by atoms with van der Waals surface area (Å²) in [4.78, 5) is 11.4. The molecule has 5 heteroatoms. The Hall–Kier alpha value is -3.14. The van der Waals surface area contributed by atoms with Gasteiger partial charge in [0.1, 0.15) is 0 Å². The SMILES string of the molecule is CC(C)CN1[CH-]N2c3[c-]cc4c(c3N(C)c3cccc1c32)C(C)(C)CCC4(C)C.[Ir+3].[c-]1ccccc1-c1ccccn1. The summed E-state index contributed by atoms with van der Waals surface area (Å²) in [7, 11) is 2.24. The van der Waals surface area contributed by atoms with Gasteiger partial charge >= 0.3 is 20.1 Å². The van der Waals surface area contributed by atoms with Crippen LogP contribution in [0.5, 0.6) is 0 Å². The monoisotopic (exact) mass is 734 g/mol. The molecule has 0 radical (unpaired) electrons. The van der Waals surface area contributed by atoms with Crippen molar-refractivity contribution >= 4 is 28.4 Å². The van der Waals surface area contributed by atoms with Crippen molar-refractivity contribution in [2.24, 2.45) is 5.92 Å². The summed E-state index contributed by atoms with van der Waals surface area (Å²) in [6.07, 6.45) is 4.23. The van der Waals surface area contributed by atoms with Crippen LogP contribution in [0.25, 0.3) is 11.3 Å². The zero-order chi connectivity index (χ0) is 28.9. The molecule has 0 N–H and O–H groups in total. The molecule has 3 heterocycles. The van der Waals surface area contributed by atoms with E-state index in [0.717, 1.165) is 17.8 Å². The Kier molecular flexibility index (Phi) is 8.31. The fourth-order valence-corrected chi connectivity index (χ4v) is 6.57. The molecule has 0 spiro atoms. The van der Waals surface area contributed by atoms with E-state index in [1.807, 2.05) is 42.5 Å². The van der Waals surface area contributed by atoms with E-state index in [-0.39, 0.29) is 30.9 Å². The molecule has 0 unspecified atom stereocenters. The van der Waals surface area contributed by atoms with Crippen LogP contribution < -0.4 is 14.7 Å². The van der Waals surface area contributed by atoms with Crippen molar-refractivity contribution in [1.29, 1.82) is 0 Å². The molecule has 0 bridgehead atoms. The second kappa shape index (κ2) is 11.5. The van der Waals surface area contributed by atoms with E-state index in [1.54, 1.807) is 6.20 Å². The van der Waals surface area contributed by atoms with Crippen LogP contribution in [0.1, 0.15) is 65.5 Å². The van der Waals surface area contributed by atoms with Crippen LogP contribution in [0.2, 0.25) is 0 Å². The van der Waals surface area contributed by atoms with E-state index in [1.165, 1.54) is 52.4 Å². The van der Waals surface area contributed by atoms with Crippen LogP contribution in [-0.4, -0.2) is 18.6 Å². The van der Waals surface area contributed by atoms with E-state index in [9.17, 15) is 0 Å². The van der Waals surface area contributed by atoms with Crippen LogP contribution in [0.4, 0.5) is 28.4 Å². The molecule has 4 nitrogen and oxygen atoms in total. The number of para-hydroxylation sites is 1. The molecule has 0 saturated heterocycles. The summed E-state index contributed by atoms with van der Waals surface area (Å²) in [5.41, 5.74) is 11.8. The maximum atomic E-state index is 4.22. The standard InChI is InChI=1S/C26H33N3.C11H8N.Ir/c1-17(2)15-28-16-29-21-12-11-18-22(26(5,6)14-13-25(18,3)4)24(21)27(7)19-9-8-10-20(28)23(19)29;1-2-6-10(7-3-1)11-8-4-5-9-12-11;/h8-11,16-17H,13-15H2,1-7H3;1-6,8-9H;/q-2;-1;+3. The molecule has 42 heavy (non-hydrogen) atoms. The fraction of sp³-hybridized carbons (Fsp3) is 0.351. The zero-order valence-corrected chi connectivity index (χ0v) is 28.2. The zero-order valence-electron chi connectivity index (χ0n) is 25.8. The predicted molar refractivity (Wildman–Crippen MR) is 172 cm³/mol. The molecule has 0 amide bonds. The summed E-state index contributed by atoms with van der Waals surface area (Å²) < 4.78 is 0. The van der Waals surface area contributed by atoms with Crippen molar-refractivity contribution in [3.8, 4) is 11.3 Å². The van der Waals surface area contributed by atoms with Crippen LogP contribution in [-0.2, 0) is 30.9 Å². The van der Waals surface area contributed by atoms with Crippen molar-refractivity contribution in [3.63, 3.8) is 0 Å². The molecule has 7 rings (SSSR count). The smallest absolute Gasteiger partial charge is 0.501 e. The molecule has 0 atom stereocenters. The third-order valence-corrected chi connectivity index (χ3v) is 8.81. The molecule has 0 saturated carbocycles. The van der Waals surface area contributed by atoms with Crippen LogP contribution in [0.3, 0.4) is 0 Å². The minimum absolute atomic E-state index is 0. The largest absolute Gasteiger partial charge is 3.00 e. The second-order valence-electron chi connectivity index (χ2n) is 13.3. The minimum Gasteiger partial charge on any atom is -0.501 e. The van der Waals surface area contributed by atoms with E-state index in [0.29, 0.717) is 5.92 Å².